The smallest absolute Gasteiger partial charge is 0.123 e. The van der Waals surface area contributed by atoms with Crippen LogP contribution in [0.15, 0.2) is 23.8 Å². The van der Waals surface area contributed by atoms with Gasteiger partial charge in [-0.2, -0.15) is 0 Å². The Kier molecular flexibility index (Phi) is 8.93. The van der Waals surface area contributed by atoms with Crippen molar-refractivity contribution in [3.8, 4) is 5.75 Å². The largest absolute Gasteiger partial charge is 0.493 e. The molecule has 0 aromatic heterocycles. The zero-order valence-electron chi connectivity index (χ0n) is 18.7. The molecule has 1 aliphatic rings. The first kappa shape index (κ1) is 22.1. The quantitative estimate of drug-likeness (QED) is 0.297. The molecule has 0 aliphatic heterocycles. The summed E-state index contributed by atoms with van der Waals surface area (Å²) < 4.78 is 6.33. The van der Waals surface area contributed by atoms with E-state index in [1.807, 2.05) is 0 Å². The van der Waals surface area contributed by atoms with Crippen LogP contribution < -0.4 is 4.74 Å². The molecular weight excluding hydrogens is 328 g/mol. The lowest BCUT2D eigenvalue weighted by molar-refractivity contribution is 0.293. The number of allylic oxidation sites excluding steroid dienone is 2. The van der Waals surface area contributed by atoms with Gasteiger partial charge in [0.25, 0.3) is 0 Å². The molecule has 152 valence electrons. The zero-order chi connectivity index (χ0) is 19.8. The molecule has 3 atom stereocenters. The summed E-state index contributed by atoms with van der Waals surface area (Å²) in [5, 5.41) is 0. The third-order valence-electron chi connectivity index (χ3n) is 6.24. The first-order valence-corrected chi connectivity index (χ1v) is 11.3. The Hall–Kier alpha value is -1.24. The van der Waals surface area contributed by atoms with Crippen molar-refractivity contribution in [2.75, 3.05) is 6.61 Å². The van der Waals surface area contributed by atoms with Crippen LogP contribution in [-0.4, -0.2) is 6.61 Å². The van der Waals surface area contributed by atoms with Crippen LogP contribution in [0.25, 0.3) is 0 Å². The highest BCUT2D eigenvalue weighted by Crippen LogP contribution is 2.47. The van der Waals surface area contributed by atoms with Crippen molar-refractivity contribution in [2.45, 2.75) is 105 Å². The maximum Gasteiger partial charge on any atom is 0.123 e. The molecule has 27 heavy (non-hydrogen) atoms. The fraction of sp³-hybridized carbons (Fsp3) is 0.692. The summed E-state index contributed by atoms with van der Waals surface area (Å²) in [5.74, 6) is 3.21. The molecule has 2 rings (SSSR count). The van der Waals surface area contributed by atoms with Gasteiger partial charge in [0.1, 0.15) is 5.75 Å². The molecule has 0 heterocycles. The second-order valence-electron chi connectivity index (χ2n) is 9.10. The van der Waals surface area contributed by atoms with Crippen molar-refractivity contribution in [3.63, 3.8) is 0 Å². The van der Waals surface area contributed by atoms with Crippen LogP contribution in [-0.2, 0) is 0 Å². The predicted octanol–water partition coefficient (Wildman–Crippen LogP) is 8.32. The van der Waals surface area contributed by atoms with Crippen molar-refractivity contribution >= 4 is 0 Å². The predicted molar refractivity (Wildman–Crippen MR) is 119 cm³/mol. The van der Waals surface area contributed by atoms with Gasteiger partial charge < -0.3 is 4.74 Å². The second kappa shape index (κ2) is 10.9. The van der Waals surface area contributed by atoms with Crippen LogP contribution in [0.1, 0.15) is 115 Å². The first-order valence-electron chi connectivity index (χ1n) is 11.3. The average Bonchev–Trinajstić information content (AvgIpc) is 2.60. The number of ether oxygens (including phenoxy) is 1. The van der Waals surface area contributed by atoms with Crippen LogP contribution in [0.2, 0.25) is 0 Å². The molecule has 0 amide bonds. The maximum atomic E-state index is 6.33. The van der Waals surface area contributed by atoms with Gasteiger partial charge in [0.2, 0.25) is 0 Å². The minimum Gasteiger partial charge on any atom is -0.493 e. The topological polar surface area (TPSA) is 9.23 Å². The number of rotatable bonds is 10. The number of aryl methyl sites for hydroxylation is 1. The van der Waals surface area contributed by atoms with Gasteiger partial charge in [-0.3, -0.25) is 0 Å². The lowest BCUT2D eigenvalue weighted by Crippen LogP contribution is -2.20. The molecule has 1 unspecified atom stereocenters. The fourth-order valence-electron chi connectivity index (χ4n) is 4.61. The van der Waals surface area contributed by atoms with Gasteiger partial charge in [-0.15, -0.1) is 0 Å². The van der Waals surface area contributed by atoms with Crippen LogP contribution in [0, 0.1) is 12.8 Å². The number of benzene rings is 1. The van der Waals surface area contributed by atoms with Gasteiger partial charge in [0.15, 0.2) is 0 Å². The van der Waals surface area contributed by atoms with Crippen LogP contribution in [0.5, 0.6) is 5.75 Å². The molecular formula is C26H42O. The number of fused-ring (bicyclic) bond motifs is 1. The van der Waals surface area contributed by atoms with E-state index >= 15 is 0 Å². The molecule has 0 N–H and O–H groups in total. The van der Waals surface area contributed by atoms with Gasteiger partial charge >= 0.3 is 0 Å². The second-order valence-corrected chi connectivity index (χ2v) is 9.10. The summed E-state index contributed by atoms with van der Waals surface area (Å²) in [5.41, 5.74) is 5.89. The molecule has 0 bridgehead atoms. The van der Waals surface area contributed by atoms with E-state index in [0.29, 0.717) is 11.8 Å². The minimum atomic E-state index is 0.618. The van der Waals surface area contributed by atoms with Crippen LogP contribution in [0.3, 0.4) is 0 Å². The third-order valence-corrected chi connectivity index (χ3v) is 6.24. The highest BCUT2D eigenvalue weighted by Gasteiger charge is 2.31. The summed E-state index contributed by atoms with van der Waals surface area (Å²) in [7, 11) is 0. The lowest BCUT2D eigenvalue weighted by atomic mass is 9.71. The third kappa shape index (κ3) is 6.40. The number of hydrogen-bond donors (Lipinski definition) is 0. The molecule has 1 aromatic carbocycles. The first-order chi connectivity index (χ1) is 12.9. The van der Waals surface area contributed by atoms with E-state index in [9.17, 15) is 0 Å². The van der Waals surface area contributed by atoms with Crippen molar-refractivity contribution in [1.82, 2.24) is 0 Å². The summed E-state index contributed by atoms with van der Waals surface area (Å²) in [4.78, 5) is 0. The zero-order valence-corrected chi connectivity index (χ0v) is 18.7. The standard InChI is InChI=1S/C26H42O/c1-7-8-9-10-16-27-25-18-20(4)17-24-23(15-14-22(6)26(24)25)21(5)13-11-12-19(2)3/h12,17-18,21-23H,7-11,13-16H2,1-6H3/t21-,22+,23?/m0/s1. The Morgan fingerprint density at radius 1 is 1.19 bits per heavy atom. The van der Waals surface area contributed by atoms with Gasteiger partial charge in [0, 0.05) is 5.56 Å². The Morgan fingerprint density at radius 2 is 1.96 bits per heavy atom. The lowest BCUT2D eigenvalue weighted by Gasteiger charge is -2.35. The summed E-state index contributed by atoms with van der Waals surface area (Å²) in [6, 6.07) is 4.74. The van der Waals surface area contributed by atoms with E-state index in [-0.39, 0.29) is 0 Å². The SMILES string of the molecule is CCCCCCOc1cc(C)cc2c1[C@H](C)CCC2[C@@H](C)CCC=C(C)C. The highest BCUT2D eigenvalue weighted by molar-refractivity contribution is 5.49. The van der Waals surface area contributed by atoms with Crippen LogP contribution in [0.4, 0.5) is 0 Å². The molecule has 0 fully saturated rings. The molecule has 1 heteroatoms. The van der Waals surface area contributed by atoms with Gasteiger partial charge in [-0.05, 0) is 87.8 Å². The van der Waals surface area contributed by atoms with Gasteiger partial charge in [0.05, 0.1) is 6.61 Å². The molecule has 0 radical (unpaired) electrons. The monoisotopic (exact) mass is 370 g/mol. The number of hydrogen-bond acceptors (Lipinski definition) is 1. The summed E-state index contributed by atoms with van der Waals surface area (Å²) in [6.45, 7) is 14.6. The highest BCUT2D eigenvalue weighted by atomic mass is 16.5. The van der Waals surface area contributed by atoms with Crippen molar-refractivity contribution in [1.29, 1.82) is 0 Å². The normalized spacial score (nSPS) is 20.1. The van der Waals surface area contributed by atoms with E-state index in [4.69, 9.17) is 4.74 Å². The van der Waals surface area contributed by atoms with E-state index in [0.717, 1.165) is 12.5 Å². The van der Waals surface area contributed by atoms with E-state index in [1.165, 1.54) is 73.8 Å². The molecule has 1 aromatic rings. The van der Waals surface area contributed by atoms with E-state index in [1.54, 1.807) is 5.56 Å². The van der Waals surface area contributed by atoms with Crippen LogP contribution >= 0.6 is 0 Å². The molecule has 0 saturated carbocycles. The van der Waals surface area contributed by atoms with Gasteiger partial charge in [-0.25, -0.2) is 0 Å². The molecule has 1 aliphatic carbocycles. The Bertz CT molecular complexity index is 609. The maximum absolute atomic E-state index is 6.33. The summed E-state index contributed by atoms with van der Waals surface area (Å²) in [6.07, 6.45) is 12.5. The summed E-state index contributed by atoms with van der Waals surface area (Å²) >= 11 is 0. The molecule has 0 spiro atoms. The van der Waals surface area contributed by atoms with Crippen molar-refractivity contribution in [3.05, 3.63) is 40.5 Å². The fourth-order valence-corrected chi connectivity index (χ4v) is 4.61. The minimum absolute atomic E-state index is 0.618. The van der Waals surface area contributed by atoms with E-state index < -0.39 is 0 Å². The Balaban J connectivity index is 2.16. The van der Waals surface area contributed by atoms with Gasteiger partial charge in [-0.1, -0.05) is 57.7 Å². The Labute approximate surface area is 168 Å². The molecule has 1 nitrogen and oxygen atoms in total. The van der Waals surface area contributed by atoms with Crippen molar-refractivity contribution < 1.29 is 4.74 Å². The molecule has 0 saturated heterocycles. The Morgan fingerprint density at radius 3 is 2.67 bits per heavy atom. The average molecular weight is 371 g/mol. The van der Waals surface area contributed by atoms with Crippen molar-refractivity contribution in [2.24, 2.45) is 5.92 Å². The van der Waals surface area contributed by atoms with E-state index in [2.05, 4.69) is 59.8 Å². The number of unbranched alkanes of at least 4 members (excludes halogenated alkanes) is 3.